The minimum absolute atomic E-state index is 0.00500. The normalized spacial score (nSPS) is 20.6. The highest BCUT2D eigenvalue weighted by Crippen LogP contribution is 2.28. The van der Waals surface area contributed by atoms with Gasteiger partial charge in [0.15, 0.2) is 5.78 Å². The molecular formula is C22H32O5. The Bertz CT molecular complexity index is 573. The maximum absolute atomic E-state index is 12.1. The van der Waals surface area contributed by atoms with Crippen molar-refractivity contribution in [3.8, 4) is 0 Å². The van der Waals surface area contributed by atoms with Crippen molar-refractivity contribution in [2.24, 2.45) is 11.8 Å². The van der Waals surface area contributed by atoms with E-state index in [0.29, 0.717) is 19.3 Å². The molecular weight excluding hydrogens is 344 g/mol. The maximum Gasteiger partial charge on any atom is 0.303 e. The first-order valence-corrected chi connectivity index (χ1v) is 9.88. The molecule has 0 unspecified atom stereocenters. The number of carboxylic acid groups (broad SMARTS) is 1. The first-order chi connectivity index (χ1) is 12.9. The summed E-state index contributed by atoms with van der Waals surface area (Å²) in [5.74, 6) is -1.10. The van der Waals surface area contributed by atoms with E-state index in [0.717, 1.165) is 25.7 Å². The molecule has 1 N–H and O–H groups in total. The molecule has 3 atom stereocenters. The molecule has 1 aliphatic carbocycles. The van der Waals surface area contributed by atoms with Crippen LogP contribution in [0.3, 0.4) is 0 Å². The monoisotopic (exact) mass is 376 g/mol. The van der Waals surface area contributed by atoms with Gasteiger partial charge < -0.3 is 9.84 Å². The third-order valence-electron chi connectivity index (χ3n) is 4.59. The summed E-state index contributed by atoms with van der Waals surface area (Å²) in [6.45, 7) is 3.54. The van der Waals surface area contributed by atoms with Crippen LogP contribution in [0.2, 0.25) is 0 Å². The van der Waals surface area contributed by atoms with Crippen LogP contribution in [0.1, 0.15) is 65.2 Å². The van der Waals surface area contributed by atoms with Gasteiger partial charge in [0.25, 0.3) is 0 Å². The summed E-state index contributed by atoms with van der Waals surface area (Å²) < 4.78 is 5.37. The van der Waals surface area contributed by atoms with Crippen LogP contribution in [0.15, 0.2) is 36.5 Å². The Kier molecular flexibility index (Phi) is 11.1. The summed E-state index contributed by atoms with van der Waals surface area (Å²) in [6, 6.07) is 0. The Balaban J connectivity index is 2.55. The van der Waals surface area contributed by atoms with Crippen molar-refractivity contribution in [1.82, 2.24) is 0 Å². The fraction of sp³-hybridized carbons (Fsp3) is 0.591. The van der Waals surface area contributed by atoms with Gasteiger partial charge in [0.1, 0.15) is 6.10 Å². The Labute approximate surface area is 162 Å². The Morgan fingerprint density at radius 1 is 1.26 bits per heavy atom. The van der Waals surface area contributed by atoms with Crippen LogP contribution in [0.4, 0.5) is 0 Å². The van der Waals surface area contributed by atoms with Gasteiger partial charge in [-0.3, -0.25) is 14.4 Å². The summed E-state index contributed by atoms with van der Waals surface area (Å²) in [6.07, 6.45) is 17.2. The molecule has 5 heteroatoms. The average Bonchev–Trinajstić information content (AvgIpc) is 2.95. The fourth-order valence-electron chi connectivity index (χ4n) is 3.11. The second kappa shape index (κ2) is 13.1. The molecule has 5 nitrogen and oxygen atoms in total. The van der Waals surface area contributed by atoms with E-state index in [1.54, 1.807) is 6.08 Å². The van der Waals surface area contributed by atoms with E-state index in [1.807, 2.05) is 30.4 Å². The van der Waals surface area contributed by atoms with Crippen LogP contribution in [0, 0.1) is 11.8 Å². The van der Waals surface area contributed by atoms with Crippen LogP contribution in [0.25, 0.3) is 0 Å². The number of hydrogen-bond donors (Lipinski definition) is 1. The highest BCUT2D eigenvalue weighted by atomic mass is 16.5. The van der Waals surface area contributed by atoms with E-state index in [1.165, 1.54) is 6.92 Å². The van der Waals surface area contributed by atoms with Crippen LogP contribution in [0.5, 0.6) is 0 Å². The number of ketones is 1. The number of rotatable bonds is 13. The number of hydrogen-bond acceptors (Lipinski definition) is 4. The second-order valence-electron chi connectivity index (χ2n) is 6.97. The number of carbonyl (C=O) groups excluding carboxylic acids is 2. The van der Waals surface area contributed by atoms with Crippen molar-refractivity contribution in [1.29, 1.82) is 0 Å². The molecule has 0 spiro atoms. The smallest absolute Gasteiger partial charge is 0.303 e. The number of ether oxygens (including phenoxy) is 1. The molecule has 0 saturated heterocycles. The Morgan fingerprint density at radius 2 is 2.04 bits per heavy atom. The molecule has 1 aliphatic rings. The van der Waals surface area contributed by atoms with Crippen molar-refractivity contribution < 1.29 is 24.2 Å². The lowest BCUT2D eigenvalue weighted by Crippen LogP contribution is -2.16. The molecule has 0 radical (unpaired) electrons. The highest BCUT2D eigenvalue weighted by Gasteiger charge is 2.27. The standard InChI is InChI=1S/C22H32O5/c1-3-4-7-10-19(27-17(2)23)15-13-18-14-16-21(24)20(18)11-8-5-6-9-12-22(25)26/h5,8,13-16,18-20H,3-4,6-7,9-12H2,1-2H3,(H,25,26)/b8-5-,15-13?/t18-,19+,20+/m0/s1. The maximum atomic E-state index is 12.1. The molecule has 0 aliphatic heterocycles. The van der Waals surface area contributed by atoms with Gasteiger partial charge in [-0.1, -0.05) is 44.1 Å². The largest absolute Gasteiger partial charge is 0.481 e. The van der Waals surface area contributed by atoms with E-state index in [2.05, 4.69) is 6.92 Å². The topological polar surface area (TPSA) is 80.7 Å². The lowest BCUT2D eigenvalue weighted by Gasteiger charge is -2.16. The zero-order valence-electron chi connectivity index (χ0n) is 16.4. The van der Waals surface area contributed by atoms with Crippen LogP contribution < -0.4 is 0 Å². The van der Waals surface area contributed by atoms with Crippen molar-refractivity contribution in [3.63, 3.8) is 0 Å². The van der Waals surface area contributed by atoms with E-state index < -0.39 is 5.97 Å². The quantitative estimate of drug-likeness (QED) is 0.288. The van der Waals surface area contributed by atoms with Gasteiger partial charge in [0.2, 0.25) is 0 Å². The first kappa shape index (κ1) is 22.9. The second-order valence-corrected chi connectivity index (χ2v) is 6.97. The van der Waals surface area contributed by atoms with Crippen molar-refractivity contribution in [2.45, 2.75) is 71.3 Å². The molecule has 0 aromatic carbocycles. The number of aliphatic carboxylic acids is 1. The van der Waals surface area contributed by atoms with Crippen LogP contribution in [-0.4, -0.2) is 28.9 Å². The molecule has 0 aromatic heterocycles. The number of carboxylic acids is 1. The molecule has 0 fully saturated rings. The van der Waals surface area contributed by atoms with Gasteiger partial charge in [0.05, 0.1) is 0 Å². The molecule has 150 valence electrons. The molecule has 1 rings (SSSR count). The van der Waals surface area contributed by atoms with Gasteiger partial charge in [-0.05, 0) is 44.3 Å². The summed E-state index contributed by atoms with van der Waals surface area (Å²) in [7, 11) is 0. The van der Waals surface area contributed by atoms with Crippen LogP contribution >= 0.6 is 0 Å². The molecule has 0 saturated carbocycles. The summed E-state index contributed by atoms with van der Waals surface area (Å²) in [4.78, 5) is 33.9. The predicted octanol–water partition coefficient (Wildman–Crippen LogP) is 4.63. The first-order valence-electron chi connectivity index (χ1n) is 9.88. The third-order valence-corrected chi connectivity index (χ3v) is 4.59. The van der Waals surface area contributed by atoms with Crippen molar-refractivity contribution >= 4 is 17.7 Å². The predicted molar refractivity (Wildman–Crippen MR) is 105 cm³/mol. The Hall–Kier alpha value is -2.17. The van der Waals surface area contributed by atoms with Crippen molar-refractivity contribution in [3.05, 3.63) is 36.5 Å². The molecule has 0 heterocycles. The molecule has 0 bridgehead atoms. The minimum Gasteiger partial charge on any atom is -0.481 e. The van der Waals surface area contributed by atoms with Gasteiger partial charge in [-0.15, -0.1) is 0 Å². The number of esters is 1. The number of unbranched alkanes of at least 4 members (excludes halogenated alkanes) is 3. The number of allylic oxidation sites excluding steroid dienone is 5. The van der Waals surface area contributed by atoms with E-state index >= 15 is 0 Å². The fourth-order valence-corrected chi connectivity index (χ4v) is 3.11. The van der Waals surface area contributed by atoms with E-state index in [9.17, 15) is 14.4 Å². The zero-order valence-corrected chi connectivity index (χ0v) is 16.4. The van der Waals surface area contributed by atoms with Gasteiger partial charge >= 0.3 is 11.9 Å². The Morgan fingerprint density at radius 3 is 2.70 bits per heavy atom. The zero-order chi connectivity index (χ0) is 20.1. The lowest BCUT2D eigenvalue weighted by atomic mass is 9.90. The summed E-state index contributed by atoms with van der Waals surface area (Å²) >= 11 is 0. The summed E-state index contributed by atoms with van der Waals surface area (Å²) in [5, 5.41) is 8.62. The van der Waals surface area contributed by atoms with Gasteiger partial charge in [-0.2, -0.15) is 0 Å². The summed E-state index contributed by atoms with van der Waals surface area (Å²) in [5.41, 5.74) is 0. The average molecular weight is 376 g/mol. The highest BCUT2D eigenvalue weighted by molar-refractivity contribution is 5.95. The van der Waals surface area contributed by atoms with Gasteiger partial charge in [0, 0.05) is 25.2 Å². The minimum atomic E-state index is -0.787. The number of carbonyl (C=O) groups is 3. The van der Waals surface area contributed by atoms with Crippen LogP contribution in [-0.2, 0) is 19.1 Å². The molecule has 0 aromatic rings. The van der Waals surface area contributed by atoms with E-state index in [4.69, 9.17) is 9.84 Å². The van der Waals surface area contributed by atoms with Crippen molar-refractivity contribution in [2.75, 3.05) is 0 Å². The lowest BCUT2D eigenvalue weighted by molar-refractivity contribution is -0.144. The van der Waals surface area contributed by atoms with E-state index in [-0.39, 0.29) is 36.1 Å². The van der Waals surface area contributed by atoms with Gasteiger partial charge in [-0.25, -0.2) is 0 Å². The third kappa shape index (κ3) is 9.92. The molecule has 0 amide bonds. The molecule has 27 heavy (non-hydrogen) atoms. The SMILES string of the molecule is CCCCC[C@H](C=C[C@H]1C=CC(=O)[C@@H]1C/C=C\CCCC(=O)O)OC(C)=O.